The average molecular weight is 334 g/mol. The predicted octanol–water partition coefficient (Wildman–Crippen LogP) is 4.21. The van der Waals surface area contributed by atoms with E-state index in [-0.39, 0.29) is 10.7 Å². The van der Waals surface area contributed by atoms with E-state index in [0.717, 1.165) is 4.90 Å². The van der Waals surface area contributed by atoms with Crippen molar-refractivity contribution in [3.05, 3.63) is 28.2 Å². The largest absolute Gasteiger partial charge is 0.480 e. The van der Waals surface area contributed by atoms with Gasteiger partial charge in [-0.1, -0.05) is 23.2 Å². The summed E-state index contributed by atoms with van der Waals surface area (Å²) in [5.41, 5.74) is -0.530. The number of nitrogens with zero attached hydrogens (tertiary/aromatic N) is 1. The minimum Gasteiger partial charge on any atom is -0.480 e. The molecule has 5 nitrogen and oxygen atoms in total. The van der Waals surface area contributed by atoms with Gasteiger partial charge < -0.3 is 9.84 Å². The average Bonchev–Trinajstić information content (AvgIpc) is 2.29. The van der Waals surface area contributed by atoms with Crippen LogP contribution in [0.4, 0.5) is 10.5 Å². The molecule has 0 aliphatic rings. The van der Waals surface area contributed by atoms with Crippen LogP contribution in [0.25, 0.3) is 0 Å². The number of amides is 1. The van der Waals surface area contributed by atoms with Crippen molar-refractivity contribution >= 4 is 41.0 Å². The van der Waals surface area contributed by atoms with Crippen LogP contribution >= 0.6 is 23.2 Å². The molecule has 0 heterocycles. The molecule has 0 aromatic heterocycles. The number of halogens is 2. The molecule has 0 aliphatic carbocycles. The highest BCUT2D eigenvalue weighted by Gasteiger charge is 2.32. The van der Waals surface area contributed by atoms with Crippen molar-refractivity contribution in [2.75, 3.05) is 4.90 Å². The highest BCUT2D eigenvalue weighted by atomic mass is 35.5. The molecule has 21 heavy (non-hydrogen) atoms. The highest BCUT2D eigenvalue weighted by Crippen LogP contribution is 2.31. The van der Waals surface area contributed by atoms with Crippen molar-refractivity contribution in [2.24, 2.45) is 0 Å². The number of ether oxygens (including phenoxy) is 1. The van der Waals surface area contributed by atoms with Gasteiger partial charge in [-0.25, -0.2) is 9.59 Å². The standard InChI is InChI=1S/C14H17Cl2NO4/c1-8(12(18)19)17(13(20)21-14(2,3)4)11-6-5-9(15)7-10(11)16/h5-8H,1-4H3,(H,18,19). The van der Waals surface area contributed by atoms with E-state index in [1.807, 2.05) is 0 Å². The summed E-state index contributed by atoms with van der Waals surface area (Å²) < 4.78 is 5.24. The van der Waals surface area contributed by atoms with Crippen LogP contribution in [-0.4, -0.2) is 28.8 Å². The summed E-state index contributed by atoms with van der Waals surface area (Å²) >= 11 is 11.9. The summed E-state index contributed by atoms with van der Waals surface area (Å²) in [7, 11) is 0. The Morgan fingerprint density at radius 3 is 2.29 bits per heavy atom. The van der Waals surface area contributed by atoms with Gasteiger partial charge in [0.1, 0.15) is 11.6 Å². The van der Waals surface area contributed by atoms with Gasteiger partial charge in [0.15, 0.2) is 0 Å². The van der Waals surface area contributed by atoms with E-state index in [1.165, 1.54) is 25.1 Å². The van der Waals surface area contributed by atoms with Gasteiger partial charge in [0.25, 0.3) is 0 Å². The summed E-state index contributed by atoms with van der Waals surface area (Å²) in [4.78, 5) is 24.5. The number of aliphatic carboxylic acids is 1. The van der Waals surface area contributed by atoms with E-state index in [4.69, 9.17) is 27.9 Å². The molecule has 0 radical (unpaired) electrons. The Hall–Kier alpha value is -1.46. The van der Waals surface area contributed by atoms with E-state index >= 15 is 0 Å². The van der Waals surface area contributed by atoms with Gasteiger partial charge >= 0.3 is 12.1 Å². The van der Waals surface area contributed by atoms with Crippen LogP contribution in [0.3, 0.4) is 0 Å². The summed E-state index contributed by atoms with van der Waals surface area (Å²) in [6.45, 7) is 6.45. The Morgan fingerprint density at radius 2 is 1.86 bits per heavy atom. The van der Waals surface area contributed by atoms with Crippen LogP contribution in [0.2, 0.25) is 10.0 Å². The molecule has 1 amide bonds. The van der Waals surface area contributed by atoms with Crippen molar-refractivity contribution in [1.82, 2.24) is 0 Å². The van der Waals surface area contributed by atoms with Crippen molar-refractivity contribution in [3.63, 3.8) is 0 Å². The molecule has 1 N–H and O–H groups in total. The fourth-order valence-electron chi connectivity index (χ4n) is 1.56. The van der Waals surface area contributed by atoms with Gasteiger partial charge in [0.05, 0.1) is 10.7 Å². The molecular formula is C14H17Cl2NO4. The zero-order valence-corrected chi connectivity index (χ0v) is 13.7. The molecule has 1 rings (SSSR count). The van der Waals surface area contributed by atoms with E-state index in [9.17, 15) is 14.7 Å². The summed E-state index contributed by atoms with van der Waals surface area (Å²) in [6, 6.07) is 3.30. The first-order valence-corrected chi connectivity index (χ1v) is 6.98. The van der Waals surface area contributed by atoms with E-state index in [1.54, 1.807) is 20.8 Å². The SMILES string of the molecule is CC(C(=O)O)N(C(=O)OC(C)(C)C)c1ccc(Cl)cc1Cl. The van der Waals surface area contributed by atoms with Crippen molar-refractivity contribution in [3.8, 4) is 0 Å². The number of carbonyl (C=O) groups excluding carboxylic acids is 1. The number of carboxylic acid groups (broad SMARTS) is 1. The predicted molar refractivity (Wildman–Crippen MR) is 82.3 cm³/mol. The number of anilines is 1. The molecule has 0 aliphatic heterocycles. The molecule has 0 saturated heterocycles. The third kappa shape index (κ3) is 4.79. The quantitative estimate of drug-likeness (QED) is 0.899. The lowest BCUT2D eigenvalue weighted by Gasteiger charge is -2.30. The molecule has 0 bridgehead atoms. The van der Waals surface area contributed by atoms with Crippen molar-refractivity contribution in [2.45, 2.75) is 39.3 Å². The maximum absolute atomic E-state index is 12.3. The van der Waals surface area contributed by atoms with Gasteiger partial charge in [-0.2, -0.15) is 0 Å². The molecule has 1 unspecified atom stereocenters. The Bertz CT molecular complexity index is 554. The lowest BCUT2D eigenvalue weighted by Crippen LogP contribution is -2.46. The monoisotopic (exact) mass is 333 g/mol. The fraction of sp³-hybridized carbons (Fsp3) is 0.429. The lowest BCUT2D eigenvalue weighted by molar-refractivity contribution is -0.138. The van der Waals surface area contributed by atoms with Crippen LogP contribution in [0.5, 0.6) is 0 Å². The Kier molecular flexibility index (Phi) is 5.48. The van der Waals surface area contributed by atoms with Crippen LogP contribution in [0.1, 0.15) is 27.7 Å². The van der Waals surface area contributed by atoms with E-state index in [0.29, 0.717) is 5.02 Å². The van der Waals surface area contributed by atoms with Gasteiger partial charge in [-0.15, -0.1) is 0 Å². The van der Waals surface area contributed by atoms with Crippen LogP contribution < -0.4 is 4.90 Å². The number of carboxylic acids is 1. The smallest absolute Gasteiger partial charge is 0.415 e. The molecule has 116 valence electrons. The molecular weight excluding hydrogens is 317 g/mol. The Morgan fingerprint density at radius 1 is 1.29 bits per heavy atom. The van der Waals surface area contributed by atoms with Gasteiger partial charge in [0, 0.05) is 5.02 Å². The van der Waals surface area contributed by atoms with Gasteiger partial charge in [-0.05, 0) is 45.9 Å². The first-order chi connectivity index (χ1) is 9.53. The third-order valence-electron chi connectivity index (χ3n) is 2.50. The zero-order chi connectivity index (χ0) is 16.4. The van der Waals surface area contributed by atoms with Crippen LogP contribution in [0, 0.1) is 0 Å². The maximum atomic E-state index is 12.3. The Balaban J connectivity index is 3.25. The molecule has 1 atom stereocenters. The summed E-state index contributed by atoms with van der Waals surface area (Å²) in [5, 5.41) is 9.74. The molecule has 7 heteroatoms. The minimum atomic E-state index is -1.17. The third-order valence-corrected chi connectivity index (χ3v) is 3.04. The minimum absolute atomic E-state index is 0.168. The normalized spacial score (nSPS) is 12.7. The lowest BCUT2D eigenvalue weighted by atomic mass is 10.2. The van der Waals surface area contributed by atoms with Gasteiger partial charge in [0.2, 0.25) is 0 Å². The van der Waals surface area contributed by atoms with E-state index in [2.05, 4.69) is 0 Å². The van der Waals surface area contributed by atoms with E-state index < -0.39 is 23.7 Å². The molecule has 0 saturated carbocycles. The number of hydrogen-bond donors (Lipinski definition) is 1. The van der Waals surface area contributed by atoms with Gasteiger partial charge in [-0.3, -0.25) is 4.90 Å². The Labute approximate surface area is 133 Å². The van der Waals surface area contributed by atoms with Crippen molar-refractivity contribution < 1.29 is 19.4 Å². The molecule has 1 aromatic rings. The maximum Gasteiger partial charge on any atom is 0.415 e. The topological polar surface area (TPSA) is 66.8 Å². The number of benzene rings is 1. The summed E-state index contributed by atoms with van der Waals surface area (Å²) in [5.74, 6) is -1.17. The molecule has 1 aromatic carbocycles. The second-order valence-electron chi connectivity index (χ2n) is 5.46. The highest BCUT2D eigenvalue weighted by molar-refractivity contribution is 6.36. The van der Waals surface area contributed by atoms with Crippen LogP contribution in [0.15, 0.2) is 18.2 Å². The second kappa shape index (κ2) is 6.54. The second-order valence-corrected chi connectivity index (χ2v) is 6.30. The number of hydrogen-bond acceptors (Lipinski definition) is 3. The first-order valence-electron chi connectivity index (χ1n) is 6.23. The molecule has 0 fully saturated rings. The molecule has 0 spiro atoms. The fourth-order valence-corrected chi connectivity index (χ4v) is 2.06. The zero-order valence-electron chi connectivity index (χ0n) is 12.2. The summed E-state index contributed by atoms with van der Waals surface area (Å²) in [6.07, 6.45) is -0.790. The number of carbonyl (C=O) groups is 2. The number of rotatable bonds is 3. The first kappa shape index (κ1) is 17.6. The van der Waals surface area contributed by atoms with Crippen molar-refractivity contribution in [1.29, 1.82) is 0 Å². The van der Waals surface area contributed by atoms with Crippen LogP contribution in [-0.2, 0) is 9.53 Å².